The van der Waals surface area contributed by atoms with Crippen LogP contribution in [0.15, 0.2) is 41.3 Å². The fourth-order valence-electron chi connectivity index (χ4n) is 2.78. The average molecular weight is 296 g/mol. The molecule has 112 valence electrons. The van der Waals surface area contributed by atoms with Crippen molar-refractivity contribution < 1.29 is 4.42 Å². The first-order valence-electron chi connectivity index (χ1n) is 7.33. The lowest BCUT2D eigenvalue weighted by Crippen LogP contribution is -2.20. The molecule has 1 atom stereocenters. The summed E-state index contributed by atoms with van der Waals surface area (Å²) in [6, 6.07) is 3.78. The quantitative estimate of drug-likeness (QED) is 0.791. The number of rotatable bonds is 4. The molecule has 0 amide bonds. The molecule has 7 heteroatoms. The molecule has 1 aliphatic heterocycles. The smallest absolute Gasteiger partial charge is 0.249 e. The summed E-state index contributed by atoms with van der Waals surface area (Å²) in [7, 11) is 0. The monoisotopic (exact) mass is 296 g/mol. The largest absolute Gasteiger partial charge is 0.420 e. The van der Waals surface area contributed by atoms with Gasteiger partial charge in [0.05, 0.1) is 18.0 Å². The highest BCUT2D eigenvalue weighted by Gasteiger charge is 2.28. The summed E-state index contributed by atoms with van der Waals surface area (Å²) in [5.41, 5.74) is 0.853. The van der Waals surface area contributed by atoms with Crippen LogP contribution in [0.5, 0.6) is 0 Å². The van der Waals surface area contributed by atoms with E-state index < -0.39 is 0 Å². The molecule has 3 aromatic rings. The first-order valence-corrected chi connectivity index (χ1v) is 7.33. The summed E-state index contributed by atoms with van der Waals surface area (Å²) in [5, 5.41) is 8.35. The summed E-state index contributed by atoms with van der Waals surface area (Å²) < 4.78 is 5.82. The van der Waals surface area contributed by atoms with Crippen LogP contribution in [-0.2, 0) is 6.54 Å². The molecule has 0 spiro atoms. The zero-order valence-corrected chi connectivity index (χ0v) is 12.0. The molecular formula is C15H16N6O. The third kappa shape index (κ3) is 2.62. The highest BCUT2D eigenvalue weighted by molar-refractivity contribution is 5.50. The van der Waals surface area contributed by atoms with Gasteiger partial charge in [0, 0.05) is 31.3 Å². The van der Waals surface area contributed by atoms with Gasteiger partial charge in [-0.15, -0.1) is 10.2 Å². The molecule has 1 unspecified atom stereocenters. The Morgan fingerprint density at radius 2 is 2.32 bits per heavy atom. The van der Waals surface area contributed by atoms with Crippen molar-refractivity contribution in [1.82, 2.24) is 30.0 Å². The SMILES string of the molecule is c1cncc(-c2nnc(C3CCN(Cc4ncc[nH]4)C3)o2)c1. The first-order chi connectivity index (χ1) is 10.9. The number of imidazole rings is 1. The Labute approximate surface area is 127 Å². The van der Waals surface area contributed by atoms with Crippen molar-refractivity contribution in [3.63, 3.8) is 0 Å². The number of hydrogen-bond acceptors (Lipinski definition) is 6. The van der Waals surface area contributed by atoms with Gasteiger partial charge in [0.1, 0.15) is 5.82 Å². The van der Waals surface area contributed by atoms with Gasteiger partial charge >= 0.3 is 0 Å². The van der Waals surface area contributed by atoms with Crippen LogP contribution in [0.25, 0.3) is 11.5 Å². The first kappa shape index (κ1) is 13.1. The molecular weight excluding hydrogens is 280 g/mol. The van der Waals surface area contributed by atoms with Crippen molar-refractivity contribution in [2.45, 2.75) is 18.9 Å². The van der Waals surface area contributed by atoms with Crippen LogP contribution in [0.3, 0.4) is 0 Å². The lowest BCUT2D eigenvalue weighted by Gasteiger charge is -2.12. The predicted octanol–water partition coefficient (Wildman–Crippen LogP) is 1.84. The van der Waals surface area contributed by atoms with Crippen LogP contribution in [0.1, 0.15) is 24.1 Å². The Morgan fingerprint density at radius 1 is 1.32 bits per heavy atom. The van der Waals surface area contributed by atoms with E-state index in [4.69, 9.17) is 4.42 Å². The zero-order chi connectivity index (χ0) is 14.8. The number of pyridine rings is 1. The highest BCUT2D eigenvalue weighted by atomic mass is 16.4. The molecule has 1 saturated heterocycles. The van der Waals surface area contributed by atoms with Crippen LogP contribution in [0.2, 0.25) is 0 Å². The van der Waals surface area contributed by atoms with E-state index in [1.54, 1.807) is 18.6 Å². The van der Waals surface area contributed by atoms with Crippen molar-refractivity contribution in [1.29, 1.82) is 0 Å². The molecule has 4 rings (SSSR count). The molecule has 0 aromatic carbocycles. The fraction of sp³-hybridized carbons (Fsp3) is 0.333. The Morgan fingerprint density at radius 3 is 3.14 bits per heavy atom. The van der Waals surface area contributed by atoms with Crippen molar-refractivity contribution in [2.24, 2.45) is 0 Å². The third-order valence-electron chi connectivity index (χ3n) is 3.90. The van der Waals surface area contributed by atoms with E-state index in [0.717, 1.165) is 37.4 Å². The lowest BCUT2D eigenvalue weighted by atomic mass is 10.1. The van der Waals surface area contributed by atoms with E-state index in [-0.39, 0.29) is 5.92 Å². The van der Waals surface area contributed by atoms with Crippen LogP contribution >= 0.6 is 0 Å². The molecule has 0 saturated carbocycles. The van der Waals surface area contributed by atoms with Gasteiger partial charge in [0.2, 0.25) is 11.8 Å². The van der Waals surface area contributed by atoms with Crippen molar-refractivity contribution in [2.75, 3.05) is 13.1 Å². The minimum Gasteiger partial charge on any atom is -0.420 e. The summed E-state index contributed by atoms with van der Waals surface area (Å²) in [6.07, 6.45) is 8.11. The van der Waals surface area contributed by atoms with Gasteiger partial charge < -0.3 is 9.40 Å². The Hall–Kier alpha value is -2.54. The molecule has 0 radical (unpaired) electrons. The third-order valence-corrected chi connectivity index (χ3v) is 3.90. The van der Waals surface area contributed by atoms with E-state index in [1.807, 2.05) is 18.3 Å². The minimum atomic E-state index is 0.285. The zero-order valence-electron chi connectivity index (χ0n) is 12.0. The Kier molecular flexibility index (Phi) is 3.40. The van der Waals surface area contributed by atoms with Gasteiger partial charge in [-0.05, 0) is 25.1 Å². The van der Waals surface area contributed by atoms with Crippen LogP contribution < -0.4 is 0 Å². The van der Waals surface area contributed by atoms with Gasteiger partial charge in [-0.3, -0.25) is 9.88 Å². The second kappa shape index (κ2) is 5.69. The van der Waals surface area contributed by atoms with E-state index in [0.29, 0.717) is 11.8 Å². The number of aromatic nitrogens is 5. The summed E-state index contributed by atoms with van der Waals surface area (Å²) in [6.45, 7) is 2.75. The molecule has 1 fully saturated rings. The van der Waals surface area contributed by atoms with Gasteiger partial charge in [-0.1, -0.05) is 0 Å². The molecule has 7 nitrogen and oxygen atoms in total. The van der Waals surface area contributed by atoms with Crippen LogP contribution in [-0.4, -0.2) is 43.1 Å². The number of likely N-dealkylation sites (tertiary alicyclic amines) is 1. The second-order valence-corrected chi connectivity index (χ2v) is 5.44. The van der Waals surface area contributed by atoms with E-state index in [1.165, 1.54) is 0 Å². The topological polar surface area (TPSA) is 83.7 Å². The molecule has 22 heavy (non-hydrogen) atoms. The maximum atomic E-state index is 5.82. The van der Waals surface area contributed by atoms with E-state index >= 15 is 0 Å². The maximum Gasteiger partial charge on any atom is 0.249 e. The molecule has 4 heterocycles. The Balaban J connectivity index is 1.44. The van der Waals surface area contributed by atoms with Crippen molar-refractivity contribution in [3.8, 4) is 11.5 Å². The second-order valence-electron chi connectivity index (χ2n) is 5.44. The number of nitrogens with zero attached hydrogens (tertiary/aromatic N) is 5. The number of H-pyrrole nitrogens is 1. The minimum absolute atomic E-state index is 0.285. The lowest BCUT2D eigenvalue weighted by molar-refractivity contribution is 0.313. The molecule has 0 bridgehead atoms. The van der Waals surface area contributed by atoms with Crippen molar-refractivity contribution in [3.05, 3.63) is 48.6 Å². The van der Waals surface area contributed by atoms with Crippen LogP contribution in [0.4, 0.5) is 0 Å². The normalized spacial score (nSPS) is 18.8. The predicted molar refractivity (Wildman–Crippen MR) is 78.8 cm³/mol. The number of hydrogen-bond donors (Lipinski definition) is 1. The molecule has 3 aromatic heterocycles. The summed E-state index contributed by atoms with van der Waals surface area (Å²) in [4.78, 5) is 13.8. The van der Waals surface area contributed by atoms with Crippen molar-refractivity contribution >= 4 is 0 Å². The highest BCUT2D eigenvalue weighted by Crippen LogP contribution is 2.28. The summed E-state index contributed by atoms with van der Waals surface area (Å²) >= 11 is 0. The number of aromatic amines is 1. The molecule has 1 aliphatic rings. The standard InChI is InChI=1S/C15H16N6O/c1-2-11(8-16-4-1)14-19-20-15(22-14)12-3-7-21(9-12)10-13-17-5-6-18-13/h1-2,4-6,8,12H,3,7,9-10H2,(H,17,18). The van der Waals surface area contributed by atoms with E-state index in [9.17, 15) is 0 Å². The van der Waals surface area contributed by atoms with E-state index in [2.05, 4.69) is 30.0 Å². The molecule has 0 aliphatic carbocycles. The van der Waals surface area contributed by atoms with Gasteiger partial charge in [0.25, 0.3) is 0 Å². The number of nitrogens with one attached hydrogen (secondary N) is 1. The average Bonchev–Trinajstić information content (AvgIpc) is 3.30. The van der Waals surface area contributed by atoms with Crippen LogP contribution in [0, 0.1) is 0 Å². The molecule has 1 N–H and O–H groups in total. The fourth-order valence-corrected chi connectivity index (χ4v) is 2.78. The van der Waals surface area contributed by atoms with Gasteiger partial charge in [-0.25, -0.2) is 4.98 Å². The summed E-state index contributed by atoms with van der Waals surface area (Å²) in [5.74, 6) is 2.52. The Bertz CT molecular complexity index is 724. The van der Waals surface area contributed by atoms with Gasteiger partial charge in [-0.2, -0.15) is 0 Å². The van der Waals surface area contributed by atoms with Gasteiger partial charge in [0.15, 0.2) is 0 Å². The maximum absolute atomic E-state index is 5.82.